The summed E-state index contributed by atoms with van der Waals surface area (Å²) in [6.07, 6.45) is 1.30. The molecule has 8 heteroatoms. The Balaban J connectivity index is 1.13. The number of likely N-dealkylation sites (tertiary alicyclic amines) is 1. The summed E-state index contributed by atoms with van der Waals surface area (Å²) in [6, 6.07) is 17.8. The van der Waals surface area contributed by atoms with E-state index >= 15 is 0 Å². The summed E-state index contributed by atoms with van der Waals surface area (Å²) in [5.41, 5.74) is 1.96. The van der Waals surface area contributed by atoms with Crippen molar-refractivity contribution in [1.29, 1.82) is 0 Å². The lowest BCUT2D eigenvalue weighted by Crippen LogP contribution is -2.53. The van der Waals surface area contributed by atoms with Crippen LogP contribution in [0.5, 0.6) is 0 Å². The summed E-state index contributed by atoms with van der Waals surface area (Å²) in [4.78, 5) is 45.6. The number of rotatable bonds is 3. The number of amides is 3. The molecule has 2 fully saturated rings. The zero-order valence-electron chi connectivity index (χ0n) is 18.5. The monoisotopic (exact) mass is 464 g/mol. The third-order valence-corrected chi connectivity index (χ3v) is 7.98. The lowest BCUT2D eigenvalue weighted by Gasteiger charge is -2.39. The highest BCUT2D eigenvalue weighted by Gasteiger charge is 2.38. The van der Waals surface area contributed by atoms with Gasteiger partial charge in [0.15, 0.2) is 5.25 Å². The first-order valence-electron chi connectivity index (χ1n) is 11.5. The van der Waals surface area contributed by atoms with E-state index in [0.29, 0.717) is 25.9 Å². The molecule has 0 aromatic heterocycles. The van der Waals surface area contributed by atoms with Gasteiger partial charge in [0, 0.05) is 55.8 Å². The number of benzene rings is 2. The van der Waals surface area contributed by atoms with Gasteiger partial charge in [0.05, 0.1) is 5.69 Å². The van der Waals surface area contributed by atoms with E-state index in [2.05, 4.69) is 22.3 Å². The van der Waals surface area contributed by atoms with Crippen molar-refractivity contribution in [2.75, 3.05) is 49.5 Å². The maximum Gasteiger partial charge on any atom is 0.247 e. The van der Waals surface area contributed by atoms with Crippen molar-refractivity contribution < 1.29 is 14.4 Å². The number of thioether (sulfide) groups is 1. The van der Waals surface area contributed by atoms with E-state index < -0.39 is 5.25 Å². The first-order chi connectivity index (χ1) is 16.1. The van der Waals surface area contributed by atoms with Gasteiger partial charge in [0.25, 0.3) is 0 Å². The lowest BCUT2D eigenvalue weighted by molar-refractivity contribution is -0.141. The average molecular weight is 465 g/mol. The Morgan fingerprint density at radius 1 is 0.788 bits per heavy atom. The summed E-state index contributed by atoms with van der Waals surface area (Å²) in [5, 5.41) is 2.08. The van der Waals surface area contributed by atoms with Crippen LogP contribution >= 0.6 is 11.8 Å². The topological polar surface area (TPSA) is 73.0 Å². The van der Waals surface area contributed by atoms with Crippen LogP contribution in [0.2, 0.25) is 0 Å². The molecule has 2 saturated heterocycles. The van der Waals surface area contributed by atoms with Crippen molar-refractivity contribution in [3.8, 4) is 0 Å². The second kappa shape index (κ2) is 9.47. The Bertz CT molecular complexity index is 1030. The number of fused-ring (bicyclic) bond motifs is 1. The Kier molecular flexibility index (Phi) is 6.26. The van der Waals surface area contributed by atoms with Crippen LogP contribution in [0.15, 0.2) is 59.5 Å². The number of carbonyl (C=O) groups excluding carboxylic acids is 3. The highest BCUT2D eigenvalue weighted by molar-refractivity contribution is 8.01. The largest absolute Gasteiger partial charge is 0.368 e. The molecule has 3 aliphatic rings. The van der Waals surface area contributed by atoms with Crippen molar-refractivity contribution in [2.24, 2.45) is 5.92 Å². The average Bonchev–Trinajstić information content (AvgIpc) is 2.88. The minimum atomic E-state index is -0.766. The molecule has 0 aliphatic carbocycles. The number of para-hydroxylation sites is 2. The Morgan fingerprint density at radius 2 is 1.42 bits per heavy atom. The van der Waals surface area contributed by atoms with Crippen molar-refractivity contribution >= 4 is 40.9 Å². The number of anilines is 2. The fraction of sp³-hybridized carbons (Fsp3) is 0.400. The van der Waals surface area contributed by atoms with Crippen LogP contribution < -0.4 is 10.2 Å². The van der Waals surface area contributed by atoms with E-state index in [0.717, 1.165) is 36.8 Å². The zero-order chi connectivity index (χ0) is 22.8. The van der Waals surface area contributed by atoms with Gasteiger partial charge in [-0.1, -0.05) is 30.3 Å². The molecule has 3 amide bonds. The predicted molar refractivity (Wildman–Crippen MR) is 129 cm³/mol. The van der Waals surface area contributed by atoms with Crippen LogP contribution in [0.1, 0.15) is 12.8 Å². The highest BCUT2D eigenvalue weighted by Crippen LogP contribution is 2.36. The molecule has 0 spiro atoms. The number of nitrogens with one attached hydrogen (secondary N) is 1. The summed E-state index contributed by atoms with van der Waals surface area (Å²) in [5.74, 6) is -0.271. The molecule has 33 heavy (non-hydrogen) atoms. The number of carbonyl (C=O) groups is 3. The SMILES string of the molecule is O=C1Nc2ccccc2S[C@@H]1C(=O)N1CCC(C(=O)N2CCN(c3ccccc3)CC2)CC1. The van der Waals surface area contributed by atoms with Gasteiger partial charge in [-0.3, -0.25) is 14.4 Å². The van der Waals surface area contributed by atoms with E-state index in [9.17, 15) is 14.4 Å². The fourth-order valence-corrected chi connectivity index (χ4v) is 5.88. The van der Waals surface area contributed by atoms with Crippen molar-refractivity contribution in [3.63, 3.8) is 0 Å². The predicted octanol–water partition coefficient (Wildman–Crippen LogP) is 2.69. The number of hydrogen-bond donors (Lipinski definition) is 1. The quantitative estimate of drug-likeness (QED) is 0.707. The molecule has 5 rings (SSSR count). The summed E-state index contributed by atoms with van der Waals surface area (Å²) >= 11 is 1.31. The van der Waals surface area contributed by atoms with Gasteiger partial charge in [-0.2, -0.15) is 0 Å². The van der Waals surface area contributed by atoms with Gasteiger partial charge < -0.3 is 20.0 Å². The Labute approximate surface area is 198 Å². The first kappa shape index (κ1) is 21.8. The number of piperidine rings is 1. The van der Waals surface area contributed by atoms with Gasteiger partial charge in [0.1, 0.15) is 0 Å². The molecule has 0 bridgehead atoms. The molecule has 1 N–H and O–H groups in total. The minimum absolute atomic E-state index is 0.0501. The number of nitrogens with zero attached hydrogens (tertiary/aromatic N) is 3. The molecule has 3 heterocycles. The van der Waals surface area contributed by atoms with E-state index in [1.807, 2.05) is 47.4 Å². The normalized spacial score (nSPS) is 21.4. The smallest absolute Gasteiger partial charge is 0.247 e. The maximum absolute atomic E-state index is 13.1. The lowest BCUT2D eigenvalue weighted by atomic mass is 9.94. The molecule has 7 nitrogen and oxygen atoms in total. The molecule has 172 valence electrons. The van der Waals surface area contributed by atoms with Gasteiger partial charge in [0.2, 0.25) is 17.7 Å². The number of hydrogen-bond acceptors (Lipinski definition) is 5. The van der Waals surface area contributed by atoms with Gasteiger partial charge in [-0.15, -0.1) is 11.8 Å². The highest BCUT2D eigenvalue weighted by atomic mass is 32.2. The molecule has 0 saturated carbocycles. The second-order valence-corrected chi connectivity index (χ2v) is 9.88. The molecule has 2 aromatic carbocycles. The molecule has 2 aromatic rings. The second-order valence-electron chi connectivity index (χ2n) is 8.73. The molecule has 3 aliphatic heterocycles. The summed E-state index contributed by atoms with van der Waals surface area (Å²) < 4.78 is 0. The van der Waals surface area contributed by atoms with E-state index in [1.54, 1.807) is 4.90 Å². The van der Waals surface area contributed by atoms with Crippen molar-refractivity contribution in [2.45, 2.75) is 23.0 Å². The van der Waals surface area contributed by atoms with Crippen LogP contribution in [0, 0.1) is 5.92 Å². The third-order valence-electron chi connectivity index (χ3n) is 6.72. The first-order valence-corrected chi connectivity index (χ1v) is 12.4. The zero-order valence-corrected chi connectivity index (χ0v) is 19.3. The number of piperazine rings is 1. The fourth-order valence-electron chi connectivity index (χ4n) is 4.81. The van der Waals surface area contributed by atoms with Gasteiger partial charge in [-0.25, -0.2) is 0 Å². The van der Waals surface area contributed by atoms with Crippen molar-refractivity contribution in [1.82, 2.24) is 9.80 Å². The van der Waals surface area contributed by atoms with Crippen LogP contribution in [-0.2, 0) is 14.4 Å². The Morgan fingerprint density at radius 3 is 2.15 bits per heavy atom. The van der Waals surface area contributed by atoms with Crippen LogP contribution in [-0.4, -0.2) is 72.0 Å². The van der Waals surface area contributed by atoms with Crippen LogP contribution in [0.25, 0.3) is 0 Å². The van der Waals surface area contributed by atoms with E-state index in [4.69, 9.17) is 0 Å². The molecule has 1 atom stereocenters. The Hall–Kier alpha value is -3.00. The molecule has 0 unspecified atom stereocenters. The minimum Gasteiger partial charge on any atom is -0.368 e. The van der Waals surface area contributed by atoms with Gasteiger partial charge >= 0.3 is 0 Å². The summed E-state index contributed by atoms with van der Waals surface area (Å²) in [7, 11) is 0. The molecule has 0 radical (unpaired) electrons. The van der Waals surface area contributed by atoms with E-state index in [1.165, 1.54) is 17.4 Å². The van der Waals surface area contributed by atoms with E-state index in [-0.39, 0.29) is 23.6 Å². The van der Waals surface area contributed by atoms with Gasteiger partial charge in [-0.05, 0) is 37.1 Å². The van der Waals surface area contributed by atoms with Crippen LogP contribution in [0.3, 0.4) is 0 Å². The van der Waals surface area contributed by atoms with Crippen molar-refractivity contribution in [3.05, 3.63) is 54.6 Å². The maximum atomic E-state index is 13.1. The molecular weight excluding hydrogens is 436 g/mol. The standard InChI is InChI=1S/C25H28N4O3S/c30-23-22(33-21-9-5-4-8-20(21)26-23)25(32)28-12-10-18(11-13-28)24(31)29-16-14-27(15-17-29)19-6-2-1-3-7-19/h1-9,18,22H,10-17H2,(H,26,30)/t22-/m0/s1. The summed E-state index contributed by atoms with van der Waals surface area (Å²) in [6.45, 7) is 4.16. The van der Waals surface area contributed by atoms with Crippen LogP contribution in [0.4, 0.5) is 11.4 Å². The third kappa shape index (κ3) is 4.57. The molecular formula is C25H28N4O3S.